The van der Waals surface area contributed by atoms with E-state index in [0.717, 1.165) is 39.5 Å². The molecule has 2 saturated heterocycles. The molecule has 4 nitrogen and oxygen atoms in total. The predicted molar refractivity (Wildman–Crippen MR) is 86.8 cm³/mol. The van der Waals surface area contributed by atoms with Crippen LogP contribution in [0.25, 0.3) is 0 Å². The molecule has 2 rings (SSSR count). The van der Waals surface area contributed by atoms with Crippen LogP contribution in [0.2, 0.25) is 0 Å². The first kappa shape index (κ1) is 17.2. The van der Waals surface area contributed by atoms with Crippen molar-refractivity contribution >= 4 is 0 Å². The van der Waals surface area contributed by atoms with E-state index < -0.39 is 0 Å². The highest BCUT2D eigenvalue weighted by Crippen LogP contribution is 2.29. The minimum Gasteiger partial charge on any atom is -0.379 e. The summed E-state index contributed by atoms with van der Waals surface area (Å²) in [6, 6.07) is 0.537. The van der Waals surface area contributed by atoms with E-state index >= 15 is 0 Å². The second-order valence-corrected chi connectivity index (χ2v) is 6.63. The maximum atomic E-state index is 5.81. The van der Waals surface area contributed by atoms with Gasteiger partial charge in [-0.05, 0) is 45.6 Å². The van der Waals surface area contributed by atoms with Gasteiger partial charge in [-0.15, -0.1) is 0 Å². The van der Waals surface area contributed by atoms with E-state index in [1.165, 1.54) is 32.1 Å². The van der Waals surface area contributed by atoms with Crippen molar-refractivity contribution in [3.63, 3.8) is 0 Å². The lowest BCUT2D eigenvalue weighted by molar-refractivity contribution is -0.0351. The van der Waals surface area contributed by atoms with Crippen LogP contribution < -0.4 is 5.32 Å². The number of rotatable bonds is 8. The Morgan fingerprint density at radius 3 is 2.57 bits per heavy atom. The number of hydrogen-bond donors (Lipinski definition) is 1. The Bertz CT molecular complexity index is 289. The molecule has 2 aliphatic rings. The Morgan fingerprint density at radius 1 is 1.24 bits per heavy atom. The minimum atomic E-state index is 0.221. The lowest BCUT2D eigenvalue weighted by Gasteiger charge is -2.48. The summed E-state index contributed by atoms with van der Waals surface area (Å²) in [6.07, 6.45) is 6.56. The Hall–Kier alpha value is -0.160. The minimum absolute atomic E-state index is 0.221. The summed E-state index contributed by atoms with van der Waals surface area (Å²) in [7, 11) is 0. The zero-order valence-corrected chi connectivity index (χ0v) is 14.2. The molecular weight excluding hydrogens is 264 g/mol. The summed E-state index contributed by atoms with van der Waals surface area (Å²) in [5, 5.41) is 3.76. The smallest absolute Gasteiger partial charge is 0.0594 e. The van der Waals surface area contributed by atoms with Crippen LogP contribution in [-0.2, 0) is 9.47 Å². The molecule has 3 atom stereocenters. The molecule has 0 aromatic rings. The molecule has 2 fully saturated rings. The Balaban J connectivity index is 1.97. The van der Waals surface area contributed by atoms with Crippen LogP contribution >= 0.6 is 0 Å². The van der Waals surface area contributed by atoms with Gasteiger partial charge in [0, 0.05) is 31.3 Å². The van der Waals surface area contributed by atoms with Gasteiger partial charge in [0.05, 0.1) is 19.3 Å². The van der Waals surface area contributed by atoms with E-state index in [4.69, 9.17) is 9.47 Å². The Kier molecular flexibility index (Phi) is 6.93. The summed E-state index contributed by atoms with van der Waals surface area (Å²) in [5.74, 6) is 0. The first-order chi connectivity index (χ1) is 10.2. The van der Waals surface area contributed by atoms with E-state index in [9.17, 15) is 0 Å². The number of hydrogen-bond acceptors (Lipinski definition) is 4. The quantitative estimate of drug-likeness (QED) is 0.746. The van der Waals surface area contributed by atoms with E-state index in [-0.39, 0.29) is 5.54 Å². The highest BCUT2D eigenvalue weighted by Gasteiger charge is 2.38. The van der Waals surface area contributed by atoms with Crippen LogP contribution in [-0.4, -0.2) is 62.0 Å². The SMILES string of the molecule is CCNC(CCC1CCCO1)C(C)(CC)N1CCOCC1. The van der Waals surface area contributed by atoms with Crippen LogP contribution in [0.15, 0.2) is 0 Å². The van der Waals surface area contributed by atoms with Gasteiger partial charge >= 0.3 is 0 Å². The normalized spacial score (nSPS) is 28.4. The van der Waals surface area contributed by atoms with Crippen molar-refractivity contribution in [2.75, 3.05) is 39.5 Å². The average molecular weight is 298 g/mol. The van der Waals surface area contributed by atoms with Crippen molar-refractivity contribution in [1.29, 1.82) is 0 Å². The molecule has 0 saturated carbocycles. The summed E-state index contributed by atoms with van der Waals surface area (Å²) >= 11 is 0. The molecule has 0 aromatic heterocycles. The molecule has 0 bridgehead atoms. The molecular formula is C17H34N2O2. The molecule has 1 N–H and O–H groups in total. The van der Waals surface area contributed by atoms with Gasteiger partial charge in [-0.3, -0.25) is 4.90 Å². The first-order valence-corrected chi connectivity index (χ1v) is 8.88. The fourth-order valence-electron chi connectivity index (χ4n) is 3.87. The lowest BCUT2D eigenvalue weighted by atomic mass is 9.83. The van der Waals surface area contributed by atoms with Crippen molar-refractivity contribution < 1.29 is 9.47 Å². The van der Waals surface area contributed by atoms with Gasteiger partial charge in [-0.1, -0.05) is 13.8 Å². The van der Waals surface area contributed by atoms with Crippen LogP contribution in [0.5, 0.6) is 0 Å². The predicted octanol–water partition coefficient (Wildman–Crippen LogP) is 2.42. The fraction of sp³-hybridized carbons (Fsp3) is 1.00. The van der Waals surface area contributed by atoms with Crippen molar-refractivity contribution in [3.05, 3.63) is 0 Å². The van der Waals surface area contributed by atoms with Crippen LogP contribution in [0.4, 0.5) is 0 Å². The number of nitrogens with zero attached hydrogens (tertiary/aromatic N) is 1. The number of nitrogens with one attached hydrogen (secondary N) is 1. The second-order valence-electron chi connectivity index (χ2n) is 6.63. The third kappa shape index (κ3) is 4.41. The molecule has 0 radical (unpaired) electrons. The van der Waals surface area contributed by atoms with Crippen LogP contribution in [0, 0.1) is 0 Å². The van der Waals surface area contributed by atoms with Gasteiger partial charge in [-0.25, -0.2) is 0 Å². The summed E-state index contributed by atoms with van der Waals surface area (Å²) in [6.45, 7) is 12.8. The molecule has 2 aliphatic heterocycles. The van der Waals surface area contributed by atoms with E-state index in [1.807, 2.05) is 0 Å². The summed E-state index contributed by atoms with van der Waals surface area (Å²) in [5.41, 5.74) is 0.221. The number of likely N-dealkylation sites (N-methyl/N-ethyl adjacent to an activating group) is 1. The van der Waals surface area contributed by atoms with Crippen molar-refractivity contribution in [3.8, 4) is 0 Å². The molecule has 21 heavy (non-hydrogen) atoms. The average Bonchev–Trinajstić information content (AvgIpc) is 3.05. The number of morpholine rings is 1. The van der Waals surface area contributed by atoms with Crippen molar-refractivity contribution in [1.82, 2.24) is 10.2 Å². The summed E-state index contributed by atoms with van der Waals surface area (Å²) < 4.78 is 11.4. The fourth-order valence-corrected chi connectivity index (χ4v) is 3.87. The largest absolute Gasteiger partial charge is 0.379 e. The highest BCUT2D eigenvalue weighted by molar-refractivity contribution is 4.97. The molecule has 0 aromatic carbocycles. The van der Waals surface area contributed by atoms with E-state index in [0.29, 0.717) is 12.1 Å². The lowest BCUT2D eigenvalue weighted by Crippen LogP contribution is -2.61. The van der Waals surface area contributed by atoms with Gasteiger partial charge in [-0.2, -0.15) is 0 Å². The molecule has 2 heterocycles. The van der Waals surface area contributed by atoms with E-state index in [2.05, 4.69) is 31.0 Å². The Labute approximate surface area is 130 Å². The molecule has 4 heteroatoms. The Morgan fingerprint density at radius 2 is 2.00 bits per heavy atom. The van der Waals surface area contributed by atoms with Gasteiger partial charge in [0.1, 0.15) is 0 Å². The van der Waals surface area contributed by atoms with Crippen molar-refractivity contribution in [2.45, 2.75) is 70.6 Å². The van der Waals surface area contributed by atoms with E-state index in [1.54, 1.807) is 0 Å². The van der Waals surface area contributed by atoms with Gasteiger partial charge in [0.2, 0.25) is 0 Å². The van der Waals surface area contributed by atoms with Gasteiger partial charge in [0.25, 0.3) is 0 Å². The molecule has 0 amide bonds. The standard InChI is InChI=1S/C17H34N2O2/c1-4-17(3,19-10-13-20-14-11-19)16(18-5-2)9-8-15-7-6-12-21-15/h15-16,18H,4-14H2,1-3H3. The zero-order chi connectivity index (χ0) is 15.1. The topological polar surface area (TPSA) is 33.7 Å². The van der Waals surface area contributed by atoms with Crippen LogP contribution in [0.3, 0.4) is 0 Å². The molecule has 3 unspecified atom stereocenters. The number of ether oxygens (including phenoxy) is 2. The third-order valence-corrected chi connectivity index (χ3v) is 5.45. The van der Waals surface area contributed by atoms with Gasteiger partial charge in [0.15, 0.2) is 0 Å². The zero-order valence-electron chi connectivity index (χ0n) is 14.2. The van der Waals surface area contributed by atoms with Crippen LogP contribution in [0.1, 0.15) is 52.9 Å². The monoisotopic (exact) mass is 298 g/mol. The maximum absolute atomic E-state index is 5.81. The third-order valence-electron chi connectivity index (χ3n) is 5.45. The van der Waals surface area contributed by atoms with Crippen molar-refractivity contribution in [2.24, 2.45) is 0 Å². The molecule has 0 aliphatic carbocycles. The summed E-state index contributed by atoms with van der Waals surface area (Å²) in [4.78, 5) is 2.64. The molecule has 0 spiro atoms. The second kappa shape index (κ2) is 8.47. The molecule has 124 valence electrons. The van der Waals surface area contributed by atoms with Gasteiger partial charge < -0.3 is 14.8 Å². The highest BCUT2D eigenvalue weighted by atomic mass is 16.5. The maximum Gasteiger partial charge on any atom is 0.0594 e. The first-order valence-electron chi connectivity index (χ1n) is 8.88.